The molecule has 2 atom stereocenters. The molecule has 2 unspecified atom stereocenters. The number of benzene rings is 13. The zero-order chi connectivity index (χ0) is 60.9. The Bertz CT molecular complexity index is 4900. The smallest absolute Gasteiger partial charge is 0.164 e. The highest BCUT2D eigenvalue weighted by atomic mass is 15.0. The Morgan fingerprint density at radius 2 is 0.315 bits per heavy atom. The standard InChI is InChI=1S/C86H56N6/c1-5-17-55(18-6-1)67-25-15-27-69(51-67)57-31-39-63(40-32-57)83-87-81(61-21-9-3-10-22-61)89-85(91-83)65-43-35-59(36-44-65)71-47-49-75-77(53-71)79-73-29-13-14-30-74(73)80(75)78-54-72(48-50-76(78)79)60-37-45-66(46-38-60)86-90-82(62-23-11-4-12-24-62)88-84(92-86)64-41-33-58(34-42-64)70-28-16-26-68(52-70)56-19-7-2-8-20-56/h1-54,79-80H. The SMILES string of the molecule is c1ccc(-c2cccc(-c3ccc(-c4nc(-c5ccccc5)nc(-c5ccc(-c6ccc7c(c6)C6c8ccccc8C7c7cc(-c8ccc(-c9nc(-c%10ccccc%10)nc(-c%10ccc(-c%11cccc(-c%12ccccc%12)c%11)cc%10)n9)cc8)ccc76)cc5)n4)cc3)c2)cc1. The number of hydrogen-bond donors (Lipinski definition) is 0. The topological polar surface area (TPSA) is 77.3 Å². The molecule has 15 aromatic rings. The van der Waals surface area contributed by atoms with Gasteiger partial charge in [0.25, 0.3) is 0 Å². The fourth-order valence-electron chi connectivity index (χ4n) is 13.5. The van der Waals surface area contributed by atoms with Crippen LogP contribution in [-0.2, 0) is 0 Å². The third-order valence-electron chi connectivity index (χ3n) is 18.2. The molecule has 6 nitrogen and oxygen atoms in total. The maximum atomic E-state index is 5.14. The van der Waals surface area contributed by atoms with Crippen molar-refractivity contribution < 1.29 is 0 Å². The second-order valence-electron chi connectivity index (χ2n) is 23.7. The molecule has 0 N–H and O–H groups in total. The van der Waals surface area contributed by atoms with E-state index in [4.69, 9.17) is 29.9 Å². The average molecular weight is 1170 g/mol. The fourth-order valence-corrected chi connectivity index (χ4v) is 13.5. The van der Waals surface area contributed by atoms with Crippen molar-refractivity contribution in [2.75, 3.05) is 0 Å². The van der Waals surface area contributed by atoms with Crippen molar-refractivity contribution in [2.45, 2.75) is 11.8 Å². The van der Waals surface area contributed by atoms with E-state index in [-0.39, 0.29) is 11.8 Å². The minimum Gasteiger partial charge on any atom is -0.208 e. The van der Waals surface area contributed by atoms with Crippen LogP contribution < -0.4 is 0 Å². The van der Waals surface area contributed by atoms with E-state index in [9.17, 15) is 0 Å². The van der Waals surface area contributed by atoms with E-state index < -0.39 is 0 Å². The monoisotopic (exact) mass is 1170 g/mol. The van der Waals surface area contributed by atoms with Gasteiger partial charge in [-0.1, -0.05) is 303 Å². The number of aromatic nitrogens is 6. The van der Waals surface area contributed by atoms with Crippen LogP contribution in [0, 0.1) is 0 Å². The highest BCUT2D eigenvalue weighted by Crippen LogP contribution is 2.57. The van der Waals surface area contributed by atoms with Gasteiger partial charge in [-0.25, -0.2) is 29.9 Å². The second-order valence-corrected chi connectivity index (χ2v) is 23.7. The summed E-state index contributed by atoms with van der Waals surface area (Å²) in [6.45, 7) is 0. The van der Waals surface area contributed by atoms with Gasteiger partial charge in [0.05, 0.1) is 0 Å². The maximum absolute atomic E-state index is 5.14. The van der Waals surface area contributed by atoms with Crippen LogP contribution in [0.3, 0.4) is 0 Å². The van der Waals surface area contributed by atoms with Crippen molar-refractivity contribution in [1.29, 1.82) is 0 Å². The third kappa shape index (κ3) is 10.2. The molecule has 0 saturated carbocycles. The van der Waals surface area contributed by atoms with Crippen LogP contribution in [-0.4, -0.2) is 29.9 Å². The van der Waals surface area contributed by atoms with E-state index in [2.05, 4.69) is 291 Å². The quantitative estimate of drug-likeness (QED) is 0.121. The zero-order valence-corrected chi connectivity index (χ0v) is 50.0. The minimum absolute atomic E-state index is 0.101. The van der Waals surface area contributed by atoms with Gasteiger partial charge in [-0.05, 0) is 124 Å². The lowest BCUT2D eigenvalue weighted by Crippen LogP contribution is -2.27. The minimum atomic E-state index is 0.101. The number of rotatable bonds is 12. The van der Waals surface area contributed by atoms with Crippen molar-refractivity contribution in [1.82, 2.24) is 29.9 Å². The van der Waals surface area contributed by atoms with E-state index in [1.165, 1.54) is 66.8 Å². The number of nitrogens with zero attached hydrogens (tertiary/aromatic N) is 6. The van der Waals surface area contributed by atoms with Gasteiger partial charge in [0, 0.05) is 45.2 Å². The Morgan fingerprint density at radius 3 is 0.598 bits per heavy atom. The van der Waals surface area contributed by atoms with Crippen LogP contribution >= 0.6 is 0 Å². The predicted octanol–water partition coefficient (Wildman–Crippen LogP) is 21.0. The van der Waals surface area contributed by atoms with Gasteiger partial charge in [-0.3, -0.25) is 0 Å². The van der Waals surface area contributed by atoms with E-state index in [1.807, 2.05) is 36.4 Å². The first-order valence-corrected chi connectivity index (χ1v) is 31.3. The highest BCUT2D eigenvalue weighted by Gasteiger charge is 2.41. The van der Waals surface area contributed by atoms with E-state index >= 15 is 0 Å². The summed E-state index contributed by atoms with van der Waals surface area (Å²) in [6.07, 6.45) is 0. The molecule has 3 aliphatic rings. The lowest BCUT2D eigenvalue weighted by Gasteiger charge is -2.42. The Balaban J connectivity index is 0.648. The molecule has 0 fully saturated rings. The maximum Gasteiger partial charge on any atom is 0.164 e. The molecule has 0 saturated heterocycles. The highest BCUT2D eigenvalue weighted by molar-refractivity contribution is 5.81. The van der Waals surface area contributed by atoms with Crippen LogP contribution in [0.1, 0.15) is 45.2 Å². The summed E-state index contributed by atoms with van der Waals surface area (Å²) in [5, 5.41) is 0. The summed E-state index contributed by atoms with van der Waals surface area (Å²) in [4.78, 5) is 30.6. The Hall–Kier alpha value is -12.1. The van der Waals surface area contributed by atoms with Gasteiger partial charge in [0.15, 0.2) is 34.9 Å². The van der Waals surface area contributed by atoms with Crippen LogP contribution in [0.2, 0.25) is 0 Å². The Kier molecular flexibility index (Phi) is 13.6. The summed E-state index contributed by atoms with van der Waals surface area (Å²) in [5.74, 6) is 3.97. The Labute approximate surface area is 534 Å². The lowest BCUT2D eigenvalue weighted by atomic mass is 9.60. The summed E-state index contributed by atoms with van der Waals surface area (Å²) in [6, 6.07) is 116. The van der Waals surface area contributed by atoms with E-state index in [0.29, 0.717) is 34.9 Å². The van der Waals surface area contributed by atoms with E-state index in [0.717, 1.165) is 66.8 Å². The molecule has 0 radical (unpaired) electrons. The van der Waals surface area contributed by atoms with E-state index in [1.54, 1.807) is 0 Å². The normalized spacial score (nSPS) is 13.4. The van der Waals surface area contributed by atoms with Crippen molar-refractivity contribution in [3.05, 3.63) is 361 Å². The molecule has 2 aromatic heterocycles. The molecule has 2 bridgehead atoms. The van der Waals surface area contributed by atoms with Crippen LogP contribution in [0.15, 0.2) is 328 Å². The van der Waals surface area contributed by atoms with Gasteiger partial charge in [0.2, 0.25) is 0 Å². The molecule has 0 amide bonds. The van der Waals surface area contributed by atoms with Crippen LogP contribution in [0.5, 0.6) is 0 Å². The largest absolute Gasteiger partial charge is 0.208 e. The summed E-state index contributed by atoms with van der Waals surface area (Å²) >= 11 is 0. The molecule has 430 valence electrons. The fraction of sp³-hybridized carbons (Fsp3) is 0.0233. The molecule has 92 heavy (non-hydrogen) atoms. The molecule has 2 heterocycles. The molecule has 3 aliphatic carbocycles. The van der Waals surface area contributed by atoms with Crippen molar-refractivity contribution in [3.63, 3.8) is 0 Å². The first-order valence-electron chi connectivity index (χ1n) is 31.3. The Morgan fingerprint density at radius 1 is 0.130 bits per heavy atom. The molecule has 0 aliphatic heterocycles. The molecular formula is C86H56N6. The van der Waals surface area contributed by atoms with Gasteiger partial charge >= 0.3 is 0 Å². The molecule has 13 aromatic carbocycles. The molecule has 0 spiro atoms. The first kappa shape index (κ1) is 54.1. The summed E-state index contributed by atoms with van der Waals surface area (Å²) in [7, 11) is 0. The predicted molar refractivity (Wildman–Crippen MR) is 373 cm³/mol. The average Bonchev–Trinajstić information content (AvgIpc) is 0.705. The van der Waals surface area contributed by atoms with Gasteiger partial charge in [-0.15, -0.1) is 0 Å². The third-order valence-corrected chi connectivity index (χ3v) is 18.2. The second kappa shape index (κ2) is 23.1. The van der Waals surface area contributed by atoms with Crippen molar-refractivity contribution in [2.24, 2.45) is 0 Å². The zero-order valence-electron chi connectivity index (χ0n) is 50.0. The van der Waals surface area contributed by atoms with Crippen LogP contribution in [0.25, 0.3) is 135 Å². The number of hydrogen-bond acceptors (Lipinski definition) is 6. The van der Waals surface area contributed by atoms with Gasteiger partial charge in [-0.2, -0.15) is 0 Å². The van der Waals surface area contributed by atoms with Crippen molar-refractivity contribution in [3.8, 4) is 135 Å². The first-order chi connectivity index (χ1) is 45.5. The molecule has 6 heteroatoms. The van der Waals surface area contributed by atoms with Crippen molar-refractivity contribution >= 4 is 0 Å². The summed E-state index contributed by atoms with van der Waals surface area (Å²) < 4.78 is 0. The summed E-state index contributed by atoms with van der Waals surface area (Å²) in [5.41, 5.74) is 27.7. The molecule has 18 rings (SSSR count). The van der Waals surface area contributed by atoms with Crippen LogP contribution in [0.4, 0.5) is 0 Å². The molecular weight excluding hydrogens is 1120 g/mol. The van der Waals surface area contributed by atoms with Gasteiger partial charge < -0.3 is 0 Å². The van der Waals surface area contributed by atoms with Gasteiger partial charge in [0.1, 0.15) is 0 Å². The lowest BCUT2D eigenvalue weighted by molar-refractivity contribution is 0.755.